The number of hydrogen-bond donors (Lipinski definition) is 2. The lowest BCUT2D eigenvalue weighted by Gasteiger charge is -2.37. The SMILES string of the molecule is [2H]OC(=O)[C@@]1([2H])N(C(=O)[C@@]([2H])(N([2H])[C@]([2H])(C(=O)OC([2H])([2H])C([2H])(C)C)C([2H])([2H])C([2H])(C)c2c([2H])c([2H])c(C)c(C)c2[2H])C([2H])([2H])[2H])C(C)(C)C([2H])([2H])C1([2H])[2H]. The molecule has 1 aromatic rings. The predicted octanol–water partition coefficient (Wildman–Crippen LogP) is 4.20. The zero-order valence-corrected chi connectivity index (χ0v) is 19.9. The van der Waals surface area contributed by atoms with E-state index in [-0.39, 0.29) is 11.1 Å². The number of aliphatic carboxylic acids is 1. The number of rotatable bonds is 10. The van der Waals surface area contributed by atoms with Crippen molar-refractivity contribution in [3.8, 4) is 0 Å². The van der Waals surface area contributed by atoms with Crippen molar-refractivity contribution in [3.63, 3.8) is 0 Å². The van der Waals surface area contributed by atoms with E-state index < -0.39 is 120 Å². The van der Waals surface area contributed by atoms with Crippen LogP contribution in [0.3, 0.4) is 0 Å². The zero-order chi connectivity index (χ0) is 44.3. The van der Waals surface area contributed by atoms with Crippen molar-refractivity contribution in [2.45, 2.75) is 104 Å². The summed E-state index contributed by atoms with van der Waals surface area (Å²) in [5, 5.41) is 2.52. The first kappa shape index (κ1) is 10.3. The van der Waals surface area contributed by atoms with E-state index in [1.54, 1.807) is 0 Å². The number of likely N-dealkylation sites (tertiary alicyclic amines) is 1. The first-order valence-electron chi connectivity index (χ1n) is 20.4. The molecular formula is C27H42N2O5. The summed E-state index contributed by atoms with van der Waals surface area (Å²) in [5.74, 6) is -13.6. The van der Waals surface area contributed by atoms with E-state index in [1.165, 1.54) is 13.8 Å². The van der Waals surface area contributed by atoms with E-state index in [0.29, 0.717) is 20.8 Å². The van der Waals surface area contributed by atoms with Gasteiger partial charge in [-0.05, 0) is 82.1 Å². The van der Waals surface area contributed by atoms with E-state index in [4.69, 9.17) is 30.9 Å². The fourth-order valence-electron chi connectivity index (χ4n) is 2.68. The highest BCUT2D eigenvalue weighted by molar-refractivity contribution is 5.88. The lowest BCUT2D eigenvalue weighted by Crippen LogP contribution is -2.57. The summed E-state index contributed by atoms with van der Waals surface area (Å²) >= 11 is 0. The van der Waals surface area contributed by atoms with Crippen molar-refractivity contribution in [3.05, 3.63) is 34.8 Å². The Morgan fingerprint density at radius 3 is 2.76 bits per heavy atom. The lowest BCUT2D eigenvalue weighted by molar-refractivity contribution is -0.153. The number of esters is 1. The molecule has 190 valence electrons. The molecule has 0 saturated carbocycles. The summed E-state index contributed by atoms with van der Waals surface area (Å²) < 4.78 is 184. The highest BCUT2D eigenvalue weighted by atomic mass is 16.5. The van der Waals surface area contributed by atoms with Gasteiger partial charge >= 0.3 is 11.9 Å². The first-order chi connectivity index (χ1) is 24.0. The van der Waals surface area contributed by atoms with Crippen molar-refractivity contribution in [1.82, 2.24) is 10.2 Å². The maximum absolute atomic E-state index is 14.7. The van der Waals surface area contributed by atoms with Crippen LogP contribution in [0.4, 0.5) is 0 Å². The molecule has 0 spiro atoms. The fourth-order valence-corrected chi connectivity index (χ4v) is 2.68. The normalized spacial score (nSPS) is 38.6. The number of benzene rings is 1. The highest BCUT2D eigenvalue weighted by Crippen LogP contribution is 2.34. The van der Waals surface area contributed by atoms with Crippen LogP contribution in [0.5, 0.6) is 0 Å². The number of hydrogen-bond acceptors (Lipinski definition) is 6. The minimum absolute atomic E-state index is 0.0101. The number of ether oxygens (including phenoxy) is 1. The maximum atomic E-state index is 14.7. The van der Waals surface area contributed by atoms with Gasteiger partial charge in [-0.2, -0.15) is 0 Å². The Bertz CT molecular complexity index is 1730. The second kappa shape index (κ2) is 11.3. The average molecular weight is 496 g/mol. The molecule has 0 aromatic heterocycles. The standard InChI is InChI=1S/C27H42N2O5/c1-16(2)15-34-26(33)22(14-19(5)21-10-9-17(3)18(4)13-21)28-20(6)24(30)29-23(25(31)32)11-12-27(29,7)8/h9-10,13,16,19-20,22-23,28H,11-12,14-15H2,1-8H3,(H,31,32)/t19?,20-,22-,23-/m0/s1/i6D3,9D,10D,11D2,12D2,13D,14D2,15D2,16D,19D,20D,22D,23D/hD2. The monoisotopic (exact) mass is 495 g/mol. The number of nitrogens with zero attached hydrogens (tertiary/aromatic N) is 1. The third kappa shape index (κ3) is 6.81. The number of amides is 1. The minimum atomic E-state index is -4.78. The predicted molar refractivity (Wildman–Crippen MR) is 133 cm³/mol. The number of nitrogens with one attached hydrogen (secondary N) is 1. The summed E-state index contributed by atoms with van der Waals surface area (Å²) in [6.45, 7) is -2.03. The Balaban J connectivity index is 3.29. The van der Waals surface area contributed by atoms with Crippen LogP contribution < -0.4 is 5.31 Å². The average Bonchev–Trinajstić information content (AvgIpc) is 3.10. The third-order valence-electron chi connectivity index (χ3n) is 4.56. The van der Waals surface area contributed by atoms with Gasteiger partial charge in [0, 0.05) is 20.6 Å². The molecule has 0 bridgehead atoms. The van der Waals surface area contributed by atoms with E-state index in [0.717, 1.165) is 13.8 Å². The molecule has 1 aromatic carbocycles. The van der Waals surface area contributed by atoms with Crippen molar-refractivity contribution in [1.29, 1.82) is 1.43 Å². The van der Waals surface area contributed by atoms with Gasteiger partial charge in [-0.15, -0.1) is 0 Å². The van der Waals surface area contributed by atoms with Gasteiger partial charge in [0.1, 0.15) is 13.4 Å². The van der Waals surface area contributed by atoms with Gasteiger partial charge in [-0.3, -0.25) is 14.9 Å². The molecule has 1 aliphatic rings. The van der Waals surface area contributed by atoms with Gasteiger partial charge in [-0.1, -0.05) is 38.9 Å². The minimum Gasteiger partial charge on any atom is -0.480 e. The van der Waals surface area contributed by atoms with Crippen molar-refractivity contribution >= 4 is 17.8 Å². The molecule has 7 nitrogen and oxygen atoms in total. The van der Waals surface area contributed by atoms with Gasteiger partial charge < -0.3 is 14.7 Å². The molecule has 1 amide bonds. The van der Waals surface area contributed by atoms with Gasteiger partial charge in [0.25, 0.3) is 1.43 Å². The first-order valence-corrected chi connectivity index (χ1v) is 10.1. The maximum Gasteiger partial charge on any atom is 0.326 e. The molecule has 4 atom stereocenters. The van der Waals surface area contributed by atoms with Gasteiger partial charge in [0.2, 0.25) is 5.91 Å². The Labute approximate surface area is 233 Å². The van der Waals surface area contributed by atoms with Crippen LogP contribution in [-0.4, -0.2) is 58.0 Å². The van der Waals surface area contributed by atoms with Gasteiger partial charge in [-0.25, -0.2) is 4.79 Å². The topological polar surface area (TPSA) is 95.9 Å². The van der Waals surface area contributed by atoms with Crippen LogP contribution in [0.25, 0.3) is 1.43 Å². The van der Waals surface area contributed by atoms with Crippen molar-refractivity contribution in [2.75, 3.05) is 6.56 Å². The third-order valence-corrected chi connectivity index (χ3v) is 4.56. The number of carboxylic acids is 1. The molecule has 34 heavy (non-hydrogen) atoms. The smallest absolute Gasteiger partial charge is 0.326 e. The molecule has 0 aliphatic carbocycles. The van der Waals surface area contributed by atoms with Crippen LogP contribution >= 0.6 is 0 Å². The lowest BCUT2D eigenvalue weighted by atomic mass is 9.91. The molecule has 1 heterocycles. The molecule has 1 fully saturated rings. The molecule has 1 saturated heterocycles. The summed E-state index contributed by atoms with van der Waals surface area (Å²) in [6.07, 6.45) is -11.9. The molecule has 7 heteroatoms. The van der Waals surface area contributed by atoms with Crippen molar-refractivity contribution < 1.29 is 51.7 Å². The number of carboxylic acid groups (broad SMARTS) is 1. The number of carbonyl (C=O) groups is 3. The van der Waals surface area contributed by atoms with Crippen LogP contribution in [-0.2, 0) is 19.1 Å². The van der Waals surface area contributed by atoms with Crippen LogP contribution in [0.15, 0.2) is 18.1 Å². The molecule has 0 radical (unpaired) electrons. The van der Waals surface area contributed by atoms with E-state index in [9.17, 15) is 17.1 Å². The largest absolute Gasteiger partial charge is 0.480 e. The zero-order valence-electron chi connectivity index (χ0n) is 40.9. The summed E-state index contributed by atoms with van der Waals surface area (Å²) in [6, 6.07) is -16.1. The van der Waals surface area contributed by atoms with E-state index in [1.807, 2.05) is 0 Å². The molecular weight excluding hydrogens is 432 g/mol. The Morgan fingerprint density at radius 2 is 2.15 bits per heavy atom. The Morgan fingerprint density at radius 1 is 1.44 bits per heavy atom. The molecule has 2 N–H and O–H groups in total. The van der Waals surface area contributed by atoms with Crippen LogP contribution in [0, 0.1) is 19.7 Å². The Hall–Kier alpha value is -2.41. The van der Waals surface area contributed by atoms with E-state index in [2.05, 4.69) is 5.11 Å². The second-order valence-corrected chi connectivity index (χ2v) is 8.14. The quantitative estimate of drug-likeness (QED) is 0.472. The summed E-state index contributed by atoms with van der Waals surface area (Å²) in [4.78, 5) is 41.3. The fraction of sp³-hybridized carbons (Fsp3) is 0.667. The summed E-state index contributed by atoms with van der Waals surface area (Å²) in [5.41, 5.74) is -4.07. The van der Waals surface area contributed by atoms with Gasteiger partial charge in [0.15, 0.2) is 0 Å². The van der Waals surface area contributed by atoms with Gasteiger partial charge in [0.05, 0.1) is 23.5 Å². The second-order valence-electron chi connectivity index (χ2n) is 8.14. The Kier molecular flexibility index (Phi) is 3.43. The highest BCUT2D eigenvalue weighted by Gasteiger charge is 2.47. The van der Waals surface area contributed by atoms with Crippen LogP contribution in [0.2, 0.25) is 1.41 Å². The molecule has 1 aliphatic heterocycles. The number of carbonyl (C=O) groups excluding carboxylic acids is 2. The van der Waals surface area contributed by atoms with E-state index >= 15 is 0 Å². The molecule has 2 rings (SSSR count). The molecule has 1 unspecified atom stereocenters. The van der Waals surface area contributed by atoms with Crippen molar-refractivity contribution in [2.24, 2.45) is 5.89 Å². The van der Waals surface area contributed by atoms with Crippen LogP contribution in [0.1, 0.15) is 109 Å². The summed E-state index contributed by atoms with van der Waals surface area (Å²) in [7, 11) is 0.